The number of hydrogen-bond donors (Lipinski definition) is 1. The third-order valence-corrected chi connectivity index (χ3v) is 2.28. The molecule has 0 saturated heterocycles. The molecule has 0 heterocycles. The van der Waals surface area contributed by atoms with E-state index in [-0.39, 0.29) is 5.41 Å². The first-order chi connectivity index (χ1) is 7.04. The summed E-state index contributed by atoms with van der Waals surface area (Å²) < 4.78 is 0. The Kier molecular flexibility index (Phi) is 4.06. The summed E-state index contributed by atoms with van der Waals surface area (Å²) in [5.41, 5.74) is 2.72. The van der Waals surface area contributed by atoms with Crippen LogP contribution in [0.2, 0.25) is 0 Å². The van der Waals surface area contributed by atoms with Gasteiger partial charge in [-0.15, -0.1) is 0 Å². The highest BCUT2D eigenvalue weighted by molar-refractivity contribution is 5.50. The second-order valence-electron chi connectivity index (χ2n) is 4.61. The number of nitrogens with two attached hydrogens (primary N) is 1. The fourth-order valence-electron chi connectivity index (χ4n) is 1.33. The predicted octanol–water partition coefficient (Wildman–Crippen LogP) is 2.89. The zero-order chi connectivity index (χ0) is 11.3. The molecular formula is C13H19NO. The Hall–Kier alpha value is -1.12. The second kappa shape index (κ2) is 5.10. The molecule has 2 N–H and O–H groups in total. The summed E-state index contributed by atoms with van der Waals surface area (Å²) in [6.45, 7) is 7.07. The Labute approximate surface area is 91.7 Å². The third-order valence-electron chi connectivity index (χ3n) is 2.28. The zero-order valence-corrected chi connectivity index (χ0v) is 9.66. The number of rotatable bonds is 3. The van der Waals surface area contributed by atoms with Gasteiger partial charge in [0.25, 0.3) is 0 Å². The van der Waals surface area contributed by atoms with E-state index in [1.54, 1.807) is 0 Å². The van der Waals surface area contributed by atoms with Crippen LogP contribution in [0, 0.1) is 0 Å². The minimum atomic E-state index is 0.211. The molecule has 0 radical (unpaired) electrons. The van der Waals surface area contributed by atoms with Gasteiger partial charge >= 0.3 is 0 Å². The second-order valence-corrected chi connectivity index (χ2v) is 4.61. The lowest BCUT2D eigenvalue weighted by molar-refractivity contribution is 0.168. The Morgan fingerprint density at radius 2 is 1.80 bits per heavy atom. The van der Waals surface area contributed by atoms with E-state index in [0.717, 1.165) is 0 Å². The number of benzene rings is 1. The van der Waals surface area contributed by atoms with Crippen LogP contribution in [-0.2, 0) is 10.3 Å². The van der Waals surface area contributed by atoms with E-state index < -0.39 is 0 Å². The molecule has 82 valence electrons. The van der Waals surface area contributed by atoms with Gasteiger partial charge in [-0.05, 0) is 16.5 Å². The van der Waals surface area contributed by atoms with Crippen molar-refractivity contribution >= 4 is 6.08 Å². The Balaban J connectivity index is 2.73. The van der Waals surface area contributed by atoms with E-state index in [9.17, 15) is 0 Å². The molecule has 0 aliphatic carbocycles. The van der Waals surface area contributed by atoms with Crippen LogP contribution in [0.4, 0.5) is 0 Å². The predicted molar refractivity (Wildman–Crippen MR) is 64.3 cm³/mol. The van der Waals surface area contributed by atoms with Gasteiger partial charge in [0, 0.05) is 0 Å². The fourth-order valence-corrected chi connectivity index (χ4v) is 1.33. The summed E-state index contributed by atoms with van der Waals surface area (Å²) in [5, 5.41) is 0. The first kappa shape index (κ1) is 12.0. The summed E-state index contributed by atoms with van der Waals surface area (Å²) in [6, 6.07) is 8.52. The van der Waals surface area contributed by atoms with E-state index in [1.807, 2.05) is 12.2 Å². The molecule has 0 aliphatic heterocycles. The van der Waals surface area contributed by atoms with Gasteiger partial charge in [0.05, 0.1) is 6.61 Å². The molecule has 0 unspecified atom stereocenters. The van der Waals surface area contributed by atoms with E-state index in [2.05, 4.69) is 49.9 Å². The largest absolute Gasteiger partial charge is 0.300 e. The van der Waals surface area contributed by atoms with Crippen molar-refractivity contribution < 1.29 is 4.84 Å². The highest BCUT2D eigenvalue weighted by atomic mass is 16.6. The van der Waals surface area contributed by atoms with Crippen LogP contribution in [0.5, 0.6) is 0 Å². The molecule has 0 amide bonds. The van der Waals surface area contributed by atoms with Gasteiger partial charge in [-0.3, -0.25) is 0 Å². The van der Waals surface area contributed by atoms with Gasteiger partial charge in [0.15, 0.2) is 0 Å². The maximum Gasteiger partial charge on any atom is 0.0864 e. The summed E-state index contributed by atoms with van der Waals surface area (Å²) in [5.74, 6) is 4.92. The van der Waals surface area contributed by atoms with Gasteiger partial charge in [-0.25, -0.2) is 5.90 Å². The molecule has 1 aromatic carbocycles. The Morgan fingerprint density at radius 3 is 2.27 bits per heavy atom. The molecule has 2 heteroatoms. The maximum atomic E-state index is 4.92. The summed E-state index contributed by atoms with van der Waals surface area (Å²) in [7, 11) is 0. The first-order valence-electron chi connectivity index (χ1n) is 5.13. The molecule has 0 bridgehead atoms. The minimum Gasteiger partial charge on any atom is -0.300 e. The molecule has 0 saturated carbocycles. The van der Waals surface area contributed by atoms with Crippen molar-refractivity contribution in [1.29, 1.82) is 0 Å². The lowest BCUT2D eigenvalue weighted by Crippen LogP contribution is -2.10. The molecule has 1 aromatic rings. The number of hydrogen-bond acceptors (Lipinski definition) is 2. The molecule has 0 spiro atoms. The van der Waals surface area contributed by atoms with Crippen molar-refractivity contribution in [2.75, 3.05) is 6.61 Å². The van der Waals surface area contributed by atoms with Crippen molar-refractivity contribution in [3.05, 3.63) is 41.5 Å². The summed E-state index contributed by atoms with van der Waals surface area (Å²) in [4.78, 5) is 4.45. The third kappa shape index (κ3) is 3.86. The van der Waals surface area contributed by atoms with Crippen LogP contribution in [-0.4, -0.2) is 6.61 Å². The molecule has 2 nitrogen and oxygen atoms in total. The SMILES string of the molecule is CC(C)(C)c1ccc(C=CCON)cc1. The van der Waals surface area contributed by atoms with Crippen molar-refractivity contribution in [3.8, 4) is 0 Å². The molecule has 1 rings (SSSR count). The average molecular weight is 205 g/mol. The lowest BCUT2D eigenvalue weighted by atomic mass is 9.87. The molecule has 15 heavy (non-hydrogen) atoms. The standard InChI is InChI=1S/C13H19NO/c1-13(2,3)12-8-6-11(7-9-12)5-4-10-15-14/h4-9H,10,14H2,1-3H3. The van der Waals surface area contributed by atoms with E-state index >= 15 is 0 Å². The van der Waals surface area contributed by atoms with Crippen LogP contribution < -0.4 is 5.90 Å². The molecule has 0 aromatic heterocycles. The zero-order valence-electron chi connectivity index (χ0n) is 9.66. The highest BCUT2D eigenvalue weighted by Crippen LogP contribution is 2.22. The minimum absolute atomic E-state index is 0.211. The van der Waals surface area contributed by atoms with E-state index in [1.165, 1.54) is 11.1 Å². The summed E-state index contributed by atoms with van der Waals surface area (Å²) in [6.07, 6.45) is 3.89. The Bertz CT molecular complexity index is 319. The van der Waals surface area contributed by atoms with Crippen molar-refractivity contribution in [2.45, 2.75) is 26.2 Å². The van der Waals surface area contributed by atoms with Gasteiger partial charge in [0.1, 0.15) is 0 Å². The van der Waals surface area contributed by atoms with E-state index in [0.29, 0.717) is 6.61 Å². The van der Waals surface area contributed by atoms with E-state index in [4.69, 9.17) is 5.90 Å². The molecular weight excluding hydrogens is 186 g/mol. The fraction of sp³-hybridized carbons (Fsp3) is 0.385. The quantitative estimate of drug-likeness (QED) is 0.770. The van der Waals surface area contributed by atoms with Gasteiger partial charge in [0.2, 0.25) is 0 Å². The van der Waals surface area contributed by atoms with Gasteiger partial charge < -0.3 is 4.84 Å². The van der Waals surface area contributed by atoms with Crippen molar-refractivity contribution in [3.63, 3.8) is 0 Å². The normalized spacial score (nSPS) is 12.3. The summed E-state index contributed by atoms with van der Waals surface area (Å²) >= 11 is 0. The smallest absolute Gasteiger partial charge is 0.0864 e. The highest BCUT2D eigenvalue weighted by Gasteiger charge is 2.12. The average Bonchev–Trinajstić information content (AvgIpc) is 2.18. The monoisotopic (exact) mass is 205 g/mol. The topological polar surface area (TPSA) is 35.2 Å². The van der Waals surface area contributed by atoms with Crippen LogP contribution in [0.25, 0.3) is 6.08 Å². The van der Waals surface area contributed by atoms with Gasteiger partial charge in [-0.1, -0.05) is 57.2 Å². The maximum absolute atomic E-state index is 4.92. The lowest BCUT2D eigenvalue weighted by Gasteiger charge is -2.18. The van der Waals surface area contributed by atoms with Crippen LogP contribution in [0.1, 0.15) is 31.9 Å². The first-order valence-corrected chi connectivity index (χ1v) is 5.13. The van der Waals surface area contributed by atoms with Crippen LogP contribution >= 0.6 is 0 Å². The van der Waals surface area contributed by atoms with Crippen molar-refractivity contribution in [1.82, 2.24) is 0 Å². The van der Waals surface area contributed by atoms with Gasteiger partial charge in [-0.2, -0.15) is 0 Å². The molecule has 0 aliphatic rings. The molecule has 0 atom stereocenters. The van der Waals surface area contributed by atoms with Crippen LogP contribution in [0.3, 0.4) is 0 Å². The van der Waals surface area contributed by atoms with Crippen molar-refractivity contribution in [2.24, 2.45) is 5.90 Å². The molecule has 0 fully saturated rings. The van der Waals surface area contributed by atoms with Crippen LogP contribution in [0.15, 0.2) is 30.3 Å². The Morgan fingerprint density at radius 1 is 1.20 bits per heavy atom.